The van der Waals surface area contributed by atoms with Gasteiger partial charge in [-0.25, -0.2) is 0 Å². The van der Waals surface area contributed by atoms with Gasteiger partial charge in [0.25, 0.3) is 0 Å². The van der Waals surface area contributed by atoms with Gasteiger partial charge < -0.3 is 14.8 Å². The minimum Gasteiger partial charge on any atom is -0.454 e. The van der Waals surface area contributed by atoms with Crippen LogP contribution in [0.5, 0.6) is 11.5 Å². The molecule has 0 radical (unpaired) electrons. The van der Waals surface area contributed by atoms with Gasteiger partial charge in [0, 0.05) is 18.5 Å². The van der Waals surface area contributed by atoms with Crippen molar-refractivity contribution in [3.05, 3.63) is 23.8 Å². The number of benzene rings is 1. The molecule has 1 saturated carbocycles. The molecule has 2 fully saturated rings. The Morgan fingerprint density at radius 1 is 1.06 bits per heavy atom. The van der Waals surface area contributed by atoms with Crippen LogP contribution in [-0.2, 0) is 0 Å². The summed E-state index contributed by atoms with van der Waals surface area (Å²) in [7, 11) is 0. The van der Waals surface area contributed by atoms with E-state index < -0.39 is 0 Å². The maximum absolute atomic E-state index is 5.49. The van der Waals surface area contributed by atoms with Crippen LogP contribution in [-0.4, -0.2) is 19.4 Å². The zero-order chi connectivity index (χ0) is 11.9. The zero-order valence-corrected chi connectivity index (χ0v) is 10.5. The molecule has 2 heterocycles. The molecule has 3 atom stereocenters. The molecule has 18 heavy (non-hydrogen) atoms. The van der Waals surface area contributed by atoms with Crippen LogP contribution in [0, 0.1) is 5.92 Å². The lowest BCUT2D eigenvalue weighted by atomic mass is 9.77. The molecule has 3 aliphatic rings. The summed E-state index contributed by atoms with van der Waals surface area (Å²) in [5.41, 5.74) is 1.42. The van der Waals surface area contributed by atoms with Gasteiger partial charge in [-0.3, -0.25) is 0 Å². The van der Waals surface area contributed by atoms with Crippen LogP contribution >= 0.6 is 0 Å². The van der Waals surface area contributed by atoms with E-state index in [0.717, 1.165) is 30.0 Å². The van der Waals surface area contributed by atoms with E-state index in [1.807, 2.05) is 0 Å². The lowest BCUT2D eigenvalue weighted by Gasteiger charge is -2.28. The molecule has 3 heteroatoms. The molecule has 1 aromatic rings. The first kappa shape index (κ1) is 10.7. The number of fused-ring (bicyclic) bond motifs is 2. The first-order valence-electron chi connectivity index (χ1n) is 7.05. The van der Waals surface area contributed by atoms with E-state index in [-0.39, 0.29) is 0 Å². The largest absolute Gasteiger partial charge is 0.454 e. The summed E-state index contributed by atoms with van der Waals surface area (Å²) in [6.07, 6.45) is 5.51. The van der Waals surface area contributed by atoms with Crippen LogP contribution in [0.2, 0.25) is 0 Å². The van der Waals surface area contributed by atoms with Gasteiger partial charge in [0.2, 0.25) is 6.79 Å². The third kappa shape index (κ3) is 1.61. The second kappa shape index (κ2) is 4.16. The fourth-order valence-corrected chi connectivity index (χ4v) is 3.83. The monoisotopic (exact) mass is 245 g/mol. The van der Waals surface area contributed by atoms with Crippen molar-refractivity contribution in [1.82, 2.24) is 5.32 Å². The quantitative estimate of drug-likeness (QED) is 0.825. The second-order valence-electron chi connectivity index (χ2n) is 5.68. The summed E-state index contributed by atoms with van der Waals surface area (Å²) in [6, 6.07) is 7.21. The van der Waals surface area contributed by atoms with Crippen molar-refractivity contribution in [1.29, 1.82) is 0 Å². The Bertz CT molecular complexity index is 460. The third-order valence-corrected chi connectivity index (χ3v) is 4.76. The maximum Gasteiger partial charge on any atom is 0.231 e. The van der Waals surface area contributed by atoms with Gasteiger partial charge in [-0.1, -0.05) is 18.9 Å². The molecule has 0 unspecified atom stereocenters. The molecule has 4 rings (SSSR count). The molecule has 0 spiro atoms. The summed E-state index contributed by atoms with van der Waals surface area (Å²) in [4.78, 5) is 0. The average Bonchev–Trinajstić information content (AvgIpc) is 3.04. The molecule has 1 N–H and O–H groups in total. The van der Waals surface area contributed by atoms with Crippen molar-refractivity contribution in [3.8, 4) is 11.5 Å². The van der Waals surface area contributed by atoms with E-state index in [4.69, 9.17) is 9.47 Å². The summed E-state index contributed by atoms with van der Waals surface area (Å²) in [6.45, 7) is 1.49. The Morgan fingerprint density at radius 2 is 1.94 bits per heavy atom. The SMILES string of the molecule is c1cc2c(cc1[C@@H]1CN[C@H]3CCCC[C@H]31)OCO2. The van der Waals surface area contributed by atoms with Gasteiger partial charge in [-0.05, 0) is 36.5 Å². The first-order valence-corrected chi connectivity index (χ1v) is 7.05. The zero-order valence-electron chi connectivity index (χ0n) is 10.5. The van der Waals surface area contributed by atoms with Crippen molar-refractivity contribution in [2.24, 2.45) is 5.92 Å². The summed E-state index contributed by atoms with van der Waals surface area (Å²) >= 11 is 0. The van der Waals surface area contributed by atoms with Crippen LogP contribution in [0.15, 0.2) is 18.2 Å². The average molecular weight is 245 g/mol. The molecule has 1 aromatic carbocycles. The van der Waals surface area contributed by atoms with Crippen molar-refractivity contribution in [2.45, 2.75) is 37.6 Å². The highest BCUT2D eigenvalue weighted by molar-refractivity contribution is 5.46. The summed E-state index contributed by atoms with van der Waals surface area (Å²) in [5, 5.41) is 3.70. The maximum atomic E-state index is 5.49. The fourth-order valence-electron chi connectivity index (χ4n) is 3.83. The second-order valence-corrected chi connectivity index (χ2v) is 5.68. The first-order chi connectivity index (χ1) is 8.92. The van der Waals surface area contributed by atoms with Crippen molar-refractivity contribution < 1.29 is 9.47 Å². The standard InChI is InChI=1S/C15H19NO2/c1-2-4-13-11(3-1)12(8-16-13)10-5-6-14-15(7-10)18-9-17-14/h5-7,11-13,16H,1-4,8-9H2/t11-,12-,13-/m0/s1. The summed E-state index contributed by atoms with van der Waals surface area (Å²) < 4.78 is 10.9. The highest BCUT2D eigenvalue weighted by atomic mass is 16.7. The van der Waals surface area contributed by atoms with Gasteiger partial charge in [-0.15, -0.1) is 0 Å². The lowest BCUT2D eigenvalue weighted by molar-refractivity contribution is 0.174. The molecule has 1 aliphatic carbocycles. The number of hydrogen-bond acceptors (Lipinski definition) is 3. The Balaban J connectivity index is 1.63. The van der Waals surface area contributed by atoms with Gasteiger partial charge in [-0.2, -0.15) is 0 Å². The number of rotatable bonds is 1. The lowest BCUT2D eigenvalue weighted by Crippen LogP contribution is -2.29. The normalized spacial score (nSPS) is 33.4. The molecule has 0 aromatic heterocycles. The Morgan fingerprint density at radius 3 is 2.94 bits per heavy atom. The van der Waals surface area contributed by atoms with E-state index in [9.17, 15) is 0 Å². The van der Waals surface area contributed by atoms with E-state index in [1.165, 1.54) is 31.2 Å². The smallest absolute Gasteiger partial charge is 0.231 e. The molecular weight excluding hydrogens is 226 g/mol. The Kier molecular flexibility index (Phi) is 2.47. The molecule has 1 saturated heterocycles. The van der Waals surface area contributed by atoms with Crippen LogP contribution < -0.4 is 14.8 Å². The van der Waals surface area contributed by atoms with Crippen LogP contribution in [0.3, 0.4) is 0 Å². The van der Waals surface area contributed by atoms with Crippen LogP contribution in [0.1, 0.15) is 37.2 Å². The number of ether oxygens (including phenoxy) is 2. The molecule has 96 valence electrons. The van der Waals surface area contributed by atoms with Crippen molar-refractivity contribution >= 4 is 0 Å². The molecule has 0 bridgehead atoms. The molecule has 0 amide bonds. The van der Waals surface area contributed by atoms with Gasteiger partial charge in [0.1, 0.15) is 0 Å². The van der Waals surface area contributed by atoms with Crippen LogP contribution in [0.25, 0.3) is 0 Å². The van der Waals surface area contributed by atoms with E-state index in [2.05, 4.69) is 23.5 Å². The Labute approximate surface area is 107 Å². The minimum absolute atomic E-state index is 0.369. The third-order valence-electron chi connectivity index (χ3n) is 4.76. The van der Waals surface area contributed by atoms with Gasteiger partial charge >= 0.3 is 0 Å². The predicted octanol–water partition coefficient (Wildman–Crippen LogP) is 2.66. The fraction of sp³-hybridized carbons (Fsp3) is 0.600. The minimum atomic E-state index is 0.369. The topological polar surface area (TPSA) is 30.5 Å². The predicted molar refractivity (Wildman–Crippen MR) is 69.1 cm³/mol. The number of nitrogens with one attached hydrogen (secondary N) is 1. The highest BCUT2D eigenvalue weighted by Gasteiger charge is 2.38. The van der Waals surface area contributed by atoms with E-state index in [0.29, 0.717) is 12.7 Å². The van der Waals surface area contributed by atoms with Gasteiger partial charge in [0.15, 0.2) is 11.5 Å². The summed E-state index contributed by atoms with van der Waals surface area (Å²) in [5.74, 6) is 3.29. The van der Waals surface area contributed by atoms with Crippen molar-refractivity contribution in [2.75, 3.05) is 13.3 Å². The molecular formula is C15H19NO2. The van der Waals surface area contributed by atoms with E-state index >= 15 is 0 Å². The van der Waals surface area contributed by atoms with E-state index in [1.54, 1.807) is 0 Å². The van der Waals surface area contributed by atoms with Crippen molar-refractivity contribution in [3.63, 3.8) is 0 Å². The molecule has 3 nitrogen and oxygen atoms in total. The Hall–Kier alpha value is -1.22. The molecule has 2 aliphatic heterocycles. The number of hydrogen-bond donors (Lipinski definition) is 1. The van der Waals surface area contributed by atoms with Gasteiger partial charge in [0.05, 0.1) is 0 Å². The van der Waals surface area contributed by atoms with Crippen LogP contribution in [0.4, 0.5) is 0 Å². The highest BCUT2D eigenvalue weighted by Crippen LogP contribution is 2.43.